The van der Waals surface area contributed by atoms with Gasteiger partial charge in [0.05, 0.1) is 0 Å². The van der Waals surface area contributed by atoms with E-state index in [-0.39, 0.29) is 0 Å². The molecule has 0 nitrogen and oxygen atoms in total. The van der Waals surface area contributed by atoms with Crippen LogP contribution in [-0.2, 0) is 0 Å². The Morgan fingerprint density at radius 1 is 0.957 bits per heavy atom. The summed E-state index contributed by atoms with van der Waals surface area (Å²) in [7, 11) is 0. The van der Waals surface area contributed by atoms with Crippen LogP contribution in [0.2, 0.25) is 0 Å². The maximum Gasteiger partial charge on any atom is -0.0179 e. The van der Waals surface area contributed by atoms with E-state index in [1.165, 1.54) is 51.4 Å². The fourth-order valence-electron chi connectivity index (χ4n) is 3.81. The largest absolute Gasteiger partial charge is 0.0991 e. The van der Waals surface area contributed by atoms with Crippen molar-refractivity contribution in [2.75, 3.05) is 0 Å². The highest BCUT2D eigenvalue weighted by molar-refractivity contribution is 5.02. The molecule has 0 heteroatoms. The van der Waals surface area contributed by atoms with E-state index in [9.17, 15) is 0 Å². The second-order valence-corrected chi connectivity index (χ2v) is 7.34. The van der Waals surface area contributed by atoms with Gasteiger partial charge in [-0.05, 0) is 43.4 Å². The summed E-state index contributed by atoms with van der Waals surface area (Å²) in [5, 5.41) is 0. The molecule has 0 aromatic carbocycles. The molecular weight excluding hydrogens is 276 g/mol. The number of hydrogen-bond donors (Lipinski definition) is 0. The third-order valence-corrected chi connectivity index (χ3v) is 5.15. The first-order valence-corrected chi connectivity index (χ1v) is 10.0. The Bertz CT molecular complexity index is 323. The second kappa shape index (κ2) is 14.8. The third-order valence-electron chi connectivity index (χ3n) is 5.15. The zero-order chi connectivity index (χ0) is 17.5. The number of allylic oxidation sites excluding steroid dienone is 5. The molecule has 0 rings (SSSR count). The normalized spacial score (nSPS) is 17.4. The van der Waals surface area contributed by atoms with Gasteiger partial charge >= 0.3 is 0 Å². The van der Waals surface area contributed by atoms with E-state index in [1.54, 1.807) is 0 Å². The van der Waals surface area contributed by atoms with E-state index in [4.69, 9.17) is 0 Å². The van der Waals surface area contributed by atoms with Gasteiger partial charge in [-0.25, -0.2) is 0 Å². The molecule has 0 N–H and O–H groups in total. The minimum absolute atomic E-state index is 0.690. The van der Waals surface area contributed by atoms with E-state index in [1.807, 2.05) is 6.08 Å². The molecule has 23 heavy (non-hydrogen) atoms. The lowest BCUT2D eigenvalue weighted by Gasteiger charge is -2.30. The van der Waals surface area contributed by atoms with Crippen molar-refractivity contribution in [1.82, 2.24) is 0 Å². The fourth-order valence-corrected chi connectivity index (χ4v) is 3.81. The Morgan fingerprint density at radius 2 is 1.70 bits per heavy atom. The van der Waals surface area contributed by atoms with Crippen molar-refractivity contribution < 1.29 is 0 Å². The molecule has 4 unspecified atom stereocenters. The van der Waals surface area contributed by atoms with Crippen LogP contribution in [0.5, 0.6) is 0 Å². The van der Waals surface area contributed by atoms with Gasteiger partial charge in [-0.1, -0.05) is 103 Å². The first kappa shape index (κ1) is 22.2. The molecule has 0 heterocycles. The fraction of sp³-hybridized carbons (Fsp3) is 0.739. The SMILES string of the molecule is C=CC=CC(C(C)CCCCC)C(C)CC(CC=CC)CCC. The minimum atomic E-state index is 0.690. The molecule has 0 fully saturated rings. The third kappa shape index (κ3) is 10.6. The van der Waals surface area contributed by atoms with Crippen molar-refractivity contribution in [3.05, 3.63) is 37.0 Å². The van der Waals surface area contributed by atoms with Crippen molar-refractivity contribution in [2.45, 2.75) is 86.0 Å². The summed E-state index contributed by atoms with van der Waals surface area (Å²) in [6.45, 7) is 15.5. The Balaban J connectivity index is 4.77. The summed E-state index contributed by atoms with van der Waals surface area (Å²) in [5.74, 6) is 3.06. The maximum atomic E-state index is 3.86. The molecule has 4 atom stereocenters. The van der Waals surface area contributed by atoms with Gasteiger partial charge in [0.2, 0.25) is 0 Å². The lowest BCUT2D eigenvalue weighted by atomic mass is 9.75. The van der Waals surface area contributed by atoms with Gasteiger partial charge in [-0.3, -0.25) is 0 Å². The highest BCUT2D eigenvalue weighted by Gasteiger charge is 2.23. The Morgan fingerprint density at radius 3 is 2.26 bits per heavy atom. The molecule has 0 aliphatic carbocycles. The van der Waals surface area contributed by atoms with Crippen LogP contribution >= 0.6 is 0 Å². The smallest absolute Gasteiger partial charge is 0.0179 e. The van der Waals surface area contributed by atoms with Crippen molar-refractivity contribution in [3.63, 3.8) is 0 Å². The quantitative estimate of drug-likeness (QED) is 0.173. The highest BCUT2D eigenvalue weighted by Crippen LogP contribution is 2.33. The minimum Gasteiger partial charge on any atom is -0.0991 e. The average molecular weight is 319 g/mol. The first-order valence-electron chi connectivity index (χ1n) is 10.0. The molecule has 0 saturated heterocycles. The van der Waals surface area contributed by atoms with Crippen molar-refractivity contribution >= 4 is 0 Å². The van der Waals surface area contributed by atoms with Crippen molar-refractivity contribution in [3.8, 4) is 0 Å². The van der Waals surface area contributed by atoms with Crippen LogP contribution in [-0.4, -0.2) is 0 Å². The van der Waals surface area contributed by atoms with Crippen LogP contribution in [0, 0.1) is 23.7 Å². The predicted molar refractivity (Wildman–Crippen MR) is 108 cm³/mol. The summed E-state index contributed by atoms with van der Waals surface area (Å²) in [5.41, 5.74) is 0. The number of unbranched alkanes of at least 4 members (excludes halogenated alkanes) is 2. The molecular formula is C23H42. The molecule has 0 amide bonds. The van der Waals surface area contributed by atoms with E-state index in [0.29, 0.717) is 5.92 Å². The van der Waals surface area contributed by atoms with Gasteiger partial charge in [0.15, 0.2) is 0 Å². The summed E-state index contributed by atoms with van der Waals surface area (Å²) in [6.07, 6.45) is 21.8. The van der Waals surface area contributed by atoms with Crippen LogP contribution < -0.4 is 0 Å². The van der Waals surface area contributed by atoms with Crippen molar-refractivity contribution in [1.29, 1.82) is 0 Å². The zero-order valence-electron chi connectivity index (χ0n) is 16.6. The summed E-state index contributed by atoms with van der Waals surface area (Å²) in [6, 6.07) is 0. The Labute approximate surface area is 147 Å². The van der Waals surface area contributed by atoms with Gasteiger partial charge in [-0.2, -0.15) is 0 Å². The van der Waals surface area contributed by atoms with E-state index >= 15 is 0 Å². The molecule has 0 bridgehead atoms. The topological polar surface area (TPSA) is 0 Å². The van der Waals surface area contributed by atoms with E-state index < -0.39 is 0 Å². The van der Waals surface area contributed by atoms with Crippen LogP contribution in [0.15, 0.2) is 37.0 Å². The van der Waals surface area contributed by atoms with Gasteiger partial charge in [-0.15, -0.1) is 0 Å². The Hall–Kier alpha value is -0.780. The first-order chi connectivity index (χ1) is 11.1. The van der Waals surface area contributed by atoms with Crippen LogP contribution in [0.3, 0.4) is 0 Å². The van der Waals surface area contributed by atoms with E-state index in [2.05, 4.69) is 65.5 Å². The number of hydrogen-bond acceptors (Lipinski definition) is 0. The number of rotatable bonds is 14. The summed E-state index contributed by atoms with van der Waals surface area (Å²) in [4.78, 5) is 0. The predicted octanol–water partition coefficient (Wildman–Crippen LogP) is 7.97. The monoisotopic (exact) mass is 318 g/mol. The van der Waals surface area contributed by atoms with Gasteiger partial charge < -0.3 is 0 Å². The molecule has 134 valence electrons. The van der Waals surface area contributed by atoms with Crippen LogP contribution in [0.4, 0.5) is 0 Å². The molecule has 0 aliphatic heterocycles. The molecule has 0 aromatic rings. The molecule has 0 spiro atoms. The lowest BCUT2D eigenvalue weighted by molar-refractivity contribution is 0.244. The lowest BCUT2D eigenvalue weighted by Crippen LogP contribution is -2.20. The maximum absolute atomic E-state index is 3.86. The molecule has 0 aliphatic rings. The summed E-state index contributed by atoms with van der Waals surface area (Å²) < 4.78 is 0. The molecule has 0 aromatic heterocycles. The zero-order valence-corrected chi connectivity index (χ0v) is 16.6. The average Bonchev–Trinajstić information content (AvgIpc) is 2.53. The van der Waals surface area contributed by atoms with Crippen LogP contribution in [0.1, 0.15) is 86.0 Å². The second-order valence-electron chi connectivity index (χ2n) is 7.34. The highest BCUT2D eigenvalue weighted by atomic mass is 14.3. The van der Waals surface area contributed by atoms with Gasteiger partial charge in [0, 0.05) is 0 Å². The van der Waals surface area contributed by atoms with Crippen molar-refractivity contribution in [2.24, 2.45) is 23.7 Å². The summed E-state index contributed by atoms with van der Waals surface area (Å²) >= 11 is 0. The van der Waals surface area contributed by atoms with E-state index in [0.717, 1.165) is 17.8 Å². The van der Waals surface area contributed by atoms with Gasteiger partial charge in [0.1, 0.15) is 0 Å². The standard InChI is InChI=1S/C23H42/c1-7-11-14-16-20(5)23(18-13-9-3)21(6)19-22(15-10-4)17-12-8-2/h8-9,12-13,18,20-23H,3,7,10-11,14-17,19H2,1-2,4-6H3. The molecule has 0 radical (unpaired) electrons. The van der Waals surface area contributed by atoms with Gasteiger partial charge in [0.25, 0.3) is 0 Å². The molecule has 0 saturated carbocycles. The Kier molecular flexibility index (Phi) is 14.3. The van der Waals surface area contributed by atoms with Crippen LogP contribution in [0.25, 0.3) is 0 Å².